The van der Waals surface area contributed by atoms with E-state index >= 15 is 0 Å². The standard InChI is InChI=1S/C18H39NO4.H2O/c1-2-3-4-5-6-7-8-9-10-11-12-19-18(21)17-23-16-15-22-14-13-20;/h18-21H,2-17H2,1H3;1H2. The van der Waals surface area contributed by atoms with E-state index in [0.717, 1.165) is 13.0 Å². The first-order chi connectivity index (χ1) is 11.3. The first kappa shape index (κ1) is 26.0. The summed E-state index contributed by atoms with van der Waals surface area (Å²) < 4.78 is 10.3. The quantitative estimate of drug-likeness (QED) is 0.244. The molecule has 0 aromatic heterocycles. The molecule has 6 heteroatoms. The lowest BCUT2D eigenvalue weighted by molar-refractivity contribution is -0.0118. The van der Waals surface area contributed by atoms with Crippen molar-refractivity contribution in [3.8, 4) is 0 Å². The van der Waals surface area contributed by atoms with Crippen molar-refractivity contribution in [3.05, 3.63) is 0 Å². The van der Waals surface area contributed by atoms with Crippen molar-refractivity contribution < 1.29 is 25.2 Å². The van der Waals surface area contributed by atoms with Crippen molar-refractivity contribution in [2.45, 2.75) is 77.4 Å². The fraction of sp³-hybridized carbons (Fsp3) is 1.00. The minimum absolute atomic E-state index is 0. The molecule has 0 saturated heterocycles. The number of aliphatic hydroxyl groups excluding tert-OH is 2. The van der Waals surface area contributed by atoms with Gasteiger partial charge in [-0.2, -0.15) is 0 Å². The smallest absolute Gasteiger partial charge is 0.128 e. The third-order valence-corrected chi connectivity index (χ3v) is 3.79. The van der Waals surface area contributed by atoms with Crippen molar-refractivity contribution >= 4 is 0 Å². The molecule has 0 fully saturated rings. The molecular formula is C18H41NO5. The van der Waals surface area contributed by atoms with Crippen LogP contribution >= 0.6 is 0 Å². The minimum Gasteiger partial charge on any atom is -0.412 e. The van der Waals surface area contributed by atoms with Crippen LogP contribution in [0.5, 0.6) is 0 Å². The van der Waals surface area contributed by atoms with E-state index in [1.54, 1.807) is 0 Å². The van der Waals surface area contributed by atoms with Gasteiger partial charge in [0.05, 0.1) is 33.0 Å². The van der Waals surface area contributed by atoms with Gasteiger partial charge in [0.1, 0.15) is 6.23 Å². The van der Waals surface area contributed by atoms with Crippen molar-refractivity contribution in [2.24, 2.45) is 0 Å². The Kier molecular flexibility index (Phi) is 24.7. The van der Waals surface area contributed by atoms with Crippen LogP contribution in [0.15, 0.2) is 0 Å². The summed E-state index contributed by atoms with van der Waals surface area (Å²) in [4.78, 5) is 0. The Balaban J connectivity index is 0. The zero-order chi connectivity index (χ0) is 17.0. The van der Waals surface area contributed by atoms with E-state index in [4.69, 9.17) is 14.6 Å². The Bertz CT molecular complexity index is 220. The van der Waals surface area contributed by atoms with E-state index in [2.05, 4.69) is 12.2 Å². The summed E-state index contributed by atoms with van der Waals surface area (Å²) in [7, 11) is 0. The molecule has 0 aliphatic heterocycles. The summed E-state index contributed by atoms with van der Waals surface area (Å²) in [5.74, 6) is 0. The number of nitrogens with one attached hydrogen (secondary N) is 1. The van der Waals surface area contributed by atoms with Crippen LogP contribution in [-0.2, 0) is 9.47 Å². The minimum atomic E-state index is -0.605. The SMILES string of the molecule is CCCCCCCCCCCCNC(O)COCCOCCO.O. The Morgan fingerprint density at radius 2 is 1.33 bits per heavy atom. The molecular weight excluding hydrogens is 310 g/mol. The van der Waals surface area contributed by atoms with Gasteiger partial charge >= 0.3 is 0 Å². The molecule has 0 aliphatic rings. The van der Waals surface area contributed by atoms with Gasteiger partial charge in [-0.3, -0.25) is 5.32 Å². The third kappa shape index (κ3) is 21.8. The van der Waals surface area contributed by atoms with Gasteiger partial charge < -0.3 is 25.2 Å². The first-order valence-electron chi connectivity index (χ1n) is 9.49. The predicted molar refractivity (Wildman–Crippen MR) is 98.2 cm³/mol. The van der Waals surface area contributed by atoms with Crippen molar-refractivity contribution in [2.75, 3.05) is 39.6 Å². The topological polar surface area (TPSA) is 102 Å². The molecule has 0 aromatic rings. The summed E-state index contributed by atoms with van der Waals surface area (Å²) in [6, 6.07) is 0. The van der Waals surface area contributed by atoms with Gasteiger partial charge in [-0.25, -0.2) is 0 Å². The molecule has 24 heavy (non-hydrogen) atoms. The molecule has 0 aliphatic carbocycles. The maximum absolute atomic E-state index is 9.68. The number of aliphatic hydroxyl groups is 2. The predicted octanol–water partition coefficient (Wildman–Crippen LogP) is 2.02. The Hall–Kier alpha value is -0.240. The lowest BCUT2D eigenvalue weighted by atomic mass is 10.1. The summed E-state index contributed by atoms with van der Waals surface area (Å²) in [6.07, 6.45) is 12.6. The molecule has 6 nitrogen and oxygen atoms in total. The molecule has 1 unspecified atom stereocenters. The van der Waals surface area contributed by atoms with Crippen LogP contribution in [0.1, 0.15) is 71.1 Å². The highest BCUT2D eigenvalue weighted by atomic mass is 16.5. The van der Waals surface area contributed by atoms with Crippen LogP contribution in [0, 0.1) is 0 Å². The molecule has 5 N–H and O–H groups in total. The van der Waals surface area contributed by atoms with Gasteiger partial charge in [-0.15, -0.1) is 0 Å². The molecule has 0 radical (unpaired) electrons. The van der Waals surface area contributed by atoms with E-state index in [9.17, 15) is 5.11 Å². The maximum atomic E-state index is 9.68. The lowest BCUT2D eigenvalue weighted by Crippen LogP contribution is -2.34. The van der Waals surface area contributed by atoms with Crippen LogP contribution in [0.3, 0.4) is 0 Å². The van der Waals surface area contributed by atoms with Crippen molar-refractivity contribution in [1.29, 1.82) is 0 Å². The van der Waals surface area contributed by atoms with Gasteiger partial charge in [0.25, 0.3) is 0 Å². The van der Waals surface area contributed by atoms with E-state index in [-0.39, 0.29) is 18.7 Å². The fourth-order valence-corrected chi connectivity index (χ4v) is 2.42. The summed E-state index contributed by atoms with van der Waals surface area (Å²) in [5, 5.41) is 21.3. The Morgan fingerprint density at radius 1 is 0.792 bits per heavy atom. The van der Waals surface area contributed by atoms with Gasteiger partial charge in [-0.1, -0.05) is 64.7 Å². The number of hydrogen-bond acceptors (Lipinski definition) is 5. The van der Waals surface area contributed by atoms with Crippen LogP contribution in [0.4, 0.5) is 0 Å². The number of ether oxygens (including phenoxy) is 2. The average molecular weight is 352 g/mol. The van der Waals surface area contributed by atoms with Crippen molar-refractivity contribution in [1.82, 2.24) is 5.32 Å². The van der Waals surface area contributed by atoms with E-state index < -0.39 is 6.23 Å². The number of hydrogen-bond donors (Lipinski definition) is 3. The third-order valence-electron chi connectivity index (χ3n) is 3.79. The molecule has 0 spiro atoms. The largest absolute Gasteiger partial charge is 0.412 e. The van der Waals surface area contributed by atoms with Gasteiger partial charge in [0.15, 0.2) is 0 Å². The second-order valence-corrected chi connectivity index (χ2v) is 6.06. The Labute approximate surface area is 148 Å². The van der Waals surface area contributed by atoms with Crippen molar-refractivity contribution in [3.63, 3.8) is 0 Å². The van der Waals surface area contributed by atoms with E-state index in [1.165, 1.54) is 57.8 Å². The molecule has 0 heterocycles. The molecule has 148 valence electrons. The molecule has 0 bridgehead atoms. The van der Waals surface area contributed by atoms with Crippen LogP contribution in [0.2, 0.25) is 0 Å². The second kappa shape index (κ2) is 22.8. The molecule has 1 atom stereocenters. The average Bonchev–Trinajstić information content (AvgIpc) is 2.56. The van der Waals surface area contributed by atoms with Crippen LogP contribution in [-0.4, -0.2) is 61.5 Å². The summed E-state index contributed by atoms with van der Waals surface area (Å²) in [5.41, 5.74) is 0. The zero-order valence-electron chi connectivity index (χ0n) is 15.6. The highest BCUT2D eigenvalue weighted by Gasteiger charge is 2.02. The highest BCUT2D eigenvalue weighted by molar-refractivity contribution is 4.54. The molecule has 0 saturated carbocycles. The Morgan fingerprint density at radius 3 is 1.92 bits per heavy atom. The number of rotatable bonds is 19. The summed E-state index contributed by atoms with van der Waals surface area (Å²) in [6.45, 7) is 4.63. The fourth-order valence-electron chi connectivity index (χ4n) is 2.42. The monoisotopic (exact) mass is 351 g/mol. The van der Waals surface area contributed by atoms with Gasteiger partial charge in [0, 0.05) is 0 Å². The number of unbranched alkanes of at least 4 members (excludes halogenated alkanes) is 9. The van der Waals surface area contributed by atoms with E-state index in [1.807, 2.05) is 0 Å². The molecule has 0 rings (SSSR count). The van der Waals surface area contributed by atoms with Gasteiger partial charge in [-0.05, 0) is 13.0 Å². The summed E-state index contributed by atoms with van der Waals surface area (Å²) >= 11 is 0. The lowest BCUT2D eigenvalue weighted by Gasteiger charge is -2.13. The first-order valence-corrected chi connectivity index (χ1v) is 9.49. The van der Waals surface area contributed by atoms with Gasteiger partial charge in [0.2, 0.25) is 0 Å². The molecule has 0 aromatic carbocycles. The maximum Gasteiger partial charge on any atom is 0.128 e. The normalized spacial score (nSPS) is 12.1. The van der Waals surface area contributed by atoms with Crippen LogP contribution in [0.25, 0.3) is 0 Å². The molecule has 0 amide bonds. The van der Waals surface area contributed by atoms with Crippen LogP contribution < -0.4 is 5.32 Å². The zero-order valence-corrected chi connectivity index (χ0v) is 15.6. The van der Waals surface area contributed by atoms with E-state index in [0.29, 0.717) is 19.8 Å². The highest BCUT2D eigenvalue weighted by Crippen LogP contribution is 2.10. The second-order valence-electron chi connectivity index (χ2n) is 6.06.